The summed E-state index contributed by atoms with van der Waals surface area (Å²) in [6, 6.07) is 10.6. The van der Waals surface area contributed by atoms with Crippen LogP contribution in [0.2, 0.25) is 0 Å². The molecule has 3 aromatic heterocycles. The van der Waals surface area contributed by atoms with Crippen LogP contribution in [0.1, 0.15) is 5.69 Å². The van der Waals surface area contributed by atoms with E-state index in [-0.39, 0.29) is 0 Å². The topological polar surface area (TPSA) is 75.6 Å². The van der Waals surface area contributed by atoms with Gasteiger partial charge in [-0.05, 0) is 25.1 Å². The molecule has 0 amide bonds. The number of fused-ring (bicyclic) bond motifs is 2. The summed E-state index contributed by atoms with van der Waals surface area (Å²) in [5.41, 5.74) is 4.54. The number of hydrogen-bond acceptors (Lipinski definition) is 7. The van der Waals surface area contributed by atoms with Gasteiger partial charge in [-0.2, -0.15) is 14.6 Å². The van der Waals surface area contributed by atoms with Gasteiger partial charge in [-0.25, -0.2) is 0 Å². The highest BCUT2D eigenvalue weighted by Gasteiger charge is 2.23. The van der Waals surface area contributed by atoms with Crippen LogP contribution in [-0.2, 0) is 0 Å². The average molecular weight is 335 g/mol. The van der Waals surface area contributed by atoms with Crippen LogP contribution in [0.3, 0.4) is 0 Å². The molecule has 1 saturated heterocycles. The van der Waals surface area contributed by atoms with Crippen molar-refractivity contribution >= 4 is 28.4 Å². The Morgan fingerprint density at radius 1 is 1.04 bits per heavy atom. The number of nitrogens with zero attached hydrogens (tertiary/aromatic N) is 7. The minimum Gasteiger partial charge on any atom is -0.423 e. The molecule has 0 unspecified atom stereocenters. The van der Waals surface area contributed by atoms with Gasteiger partial charge in [0, 0.05) is 26.2 Å². The molecule has 5 rings (SSSR count). The fraction of sp³-hybridized carbons (Fsp3) is 0.294. The van der Waals surface area contributed by atoms with E-state index in [9.17, 15) is 0 Å². The highest BCUT2D eigenvalue weighted by Crippen LogP contribution is 2.25. The number of para-hydroxylation sites is 2. The second kappa shape index (κ2) is 5.44. The summed E-state index contributed by atoms with van der Waals surface area (Å²) in [5, 5.41) is 12.6. The molecule has 1 aliphatic heterocycles. The Morgan fingerprint density at radius 3 is 2.68 bits per heavy atom. The Hall–Kier alpha value is -3.16. The van der Waals surface area contributed by atoms with Crippen molar-refractivity contribution in [3.8, 4) is 0 Å². The van der Waals surface area contributed by atoms with Crippen LogP contribution in [0.5, 0.6) is 0 Å². The minimum atomic E-state index is 0.694. The molecule has 0 N–H and O–H groups in total. The van der Waals surface area contributed by atoms with E-state index in [0.717, 1.165) is 54.3 Å². The van der Waals surface area contributed by atoms with Crippen molar-refractivity contribution in [3.05, 3.63) is 42.4 Å². The first-order valence-electron chi connectivity index (χ1n) is 8.31. The molecule has 1 aliphatic rings. The average Bonchev–Trinajstić information content (AvgIpc) is 3.27. The highest BCUT2D eigenvalue weighted by molar-refractivity contribution is 5.74. The molecule has 25 heavy (non-hydrogen) atoms. The predicted molar refractivity (Wildman–Crippen MR) is 94.0 cm³/mol. The van der Waals surface area contributed by atoms with Gasteiger partial charge >= 0.3 is 0 Å². The monoisotopic (exact) mass is 335 g/mol. The summed E-state index contributed by atoms with van der Waals surface area (Å²) < 4.78 is 7.62. The van der Waals surface area contributed by atoms with Crippen molar-refractivity contribution in [2.75, 3.05) is 36.0 Å². The Morgan fingerprint density at radius 2 is 1.84 bits per heavy atom. The number of hydrogen-bond donors (Lipinski definition) is 0. The van der Waals surface area contributed by atoms with Crippen LogP contribution in [-0.4, -0.2) is 51.0 Å². The van der Waals surface area contributed by atoms with Crippen LogP contribution in [0.4, 0.5) is 11.7 Å². The molecule has 8 nitrogen and oxygen atoms in total. The molecule has 1 fully saturated rings. The minimum absolute atomic E-state index is 0.694. The first kappa shape index (κ1) is 14.2. The maximum Gasteiger partial charge on any atom is 0.298 e. The maximum atomic E-state index is 5.89. The second-order valence-electron chi connectivity index (χ2n) is 6.21. The lowest BCUT2D eigenvalue weighted by molar-refractivity contribution is 0.542. The number of aryl methyl sites for hydroxylation is 1. The van der Waals surface area contributed by atoms with E-state index in [1.54, 1.807) is 10.8 Å². The molecule has 0 atom stereocenters. The molecule has 8 heteroatoms. The quantitative estimate of drug-likeness (QED) is 0.554. The highest BCUT2D eigenvalue weighted by atomic mass is 16.4. The SMILES string of the molecule is Cc1cc(N2CCN(c3nc4ccccc4o3)CC2)c2nncn2n1. The number of oxazole rings is 1. The number of anilines is 2. The van der Waals surface area contributed by atoms with Crippen LogP contribution in [0.25, 0.3) is 16.7 Å². The van der Waals surface area contributed by atoms with Crippen molar-refractivity contribution in [3.63, 3.8) is 0 Å². The van der Waals surface area contributed by atoms with E-state index >= 15 is 0 Å². The largest absolute Gasteiger partial charge is 0.423 e. The zero-order chi connectivity index (χ0) is 16.8. The van der Waals surface area contributed by atoms with Gasteiger partial charge < -0.3 is 14.2 Å². The van der Waals surface area contributed by atoms with Crippen molar-refractivity contribution in [2.45, 2.75) is 6.92 Å². The number of aromatic nitrogens is 5. The van der Waals surface area contributed by atoms with Gasteiger partial charge in [-0.1, -0.05) is 12.1 Å². The maximum absolute atomic E-state index is 5.89. The predicted octanol–water partition coefficient (Wildman–Crippen LogP) is 1.90. The third-order valence-corrected chi connectivity index (χ3v) is 4.54. The summed E-state index contributed by atoms with van der Waals surface area (Å²) in [5.74, 6) is 0. The summed E-state index contributed by atoms with van der Waals surface area (Å²) in [6.07, 6.45) is 1.64. The molecule has 0 radical (unpaired) electrons. The van der Waals surface area contributed by atoms with Gasteiger partial charge in [-0.15, -0.1) is 10.2 Å². The molecule has 4 aromatic rings. The molecule has 4 heterocycles. The van der Waals surface area contributed by atoms with Crippen molar-refractivity contribution in [2.24, 2.45) is 0 Å². The van der Waals surface area contributed by atoms with Gasteiger partial charge in [0.2, 0.25) is 5.65 Å². The summed E-state index contributed by atoms with van der Waals surface area (Å²) in [7, 11) is 0. The first-order valence-corrected chi connectivity index (χ1v) is 8.31. The van der Waals surface area contributed by atoms with Gasteiger partial charge in [0.1, 0.15) is 11.8 Å². The summed E-state index contributed by atoms with van der Waals surface area (Å²) >= 11 is 0. The lowest BCUT2D eigenvalue weighted by Crippen LogP contribution is -2.46. The van der Waals surface area contributed by atoms with Gasteiger partial charge in [0.05, 0.1) is 11.4 Å². The smallest absolute Gasteiger partial charge is 0.298 e. The Kier molecular flexibility index (Phi) is 3.09. The molecular weight excluding hydrogens is 318 g/mol. The fourth-order valence-electron chi connectivity index (χ4n) is 3.30. The van der Waals surface area contributed by atoms with Gasteiger partial charge in [-0.3, -0.25) is 0 Å². The Bertz CT molecular complexity index is 1010. The molecule has 1 aromatic carbocycles. The van der Waals surface area contributed by atoms with Gasteiger partial charge in [0.15, 0.2) is 5.58 Å². The number of piperazine rings is 1. The summed E-state index contributed by atoms with van der Waals surface area (Å²) in [6.45, 7) is 5.40. The third kappa shape index (κ3) is 2.37. The Balaban J connectivity index is 1.39. The van der Waals surface area contributed by atoms with Crippen LogP contribution >= 0.6 is 0 Å². The zero-order valence-electron chi connectivity index (χ0n) is 13.8. The second-order valence-corrected chi connectivity index (χ2v) is 6.21. The van der Waals surface area contributed by atoms with E-state index in [1.807, 2.05) is 31.2 Å². The molecule has 0 bridgehead atoms. The van der Waals surface area contributed by atoms with Crippen LogP contribution in [0, 0.1) is 6.92 Å². The van der Waals surface area contributed by atoms with E-state index in [1.165, 1.54) is 0 Å². The Labute approximate surface area is 143 Å². The zero-order valence-corrected chi connectivity index (χ0v) is 13.8. The van der Waals surface area contributed by atoms with Crippen molar-refractivity contribution < 1.29 is 4.42 Å². The van der Waals surface area contributed by atoms with E-state index in [2.05, 4.69) is 36.1 Å². The van der Waals surface area contributed by atoms with Crippen LogP contribution in [0.15, 0.2) is 41.1 Å². The van der Waals surface area contributed by atoms with Crippen molar-refractivity contribution in [1.29, 1.82) is 0 Å². The van der Waals surface area contributed by atoms with Crippen molar-refractivity contribution in [1.82, 2.24) is 24.8 Å². The number of benzene rings is 1. The first-order chi connectivity index (χ1) is 12.3. The molecular formula is C17H17N7O. The van der Waals surface area contributed by atoms with Gasteiger partial charge in [0.25, 0.3) is 6.01 Å². The summed E-state index contributed by atoms with van der Waals surface area (Å²) in [4.78, 5) is 9.10. The lowest BCUT2D eigenvalue weighted by atomic mass is 10.2. The van der Waals surface area contributed by atoms with E-state index in [4.69, 9.17) is 4.42 Å². The van der Waals surface area contributed by atoms with E-state index in [0.29, 0.717) is 6.01 Å². The molecule has 0 spiro atoms. The number of rotatable bonds is 2. The van der Waals surface area contributed by atoms with E-state index < -0.39 is 0 Å². The molecule has 0 saturated carbocycles. The normalized spacial score (nSPS) is 15.4. The lowest BCUT2D eigenvalue weighted by Gasteiger charge is -2.35. The molecule has 0 aliphatic carbocycles. The fourth-order valence-corrected chi connectivity index (χ4v) is 3.30. The third-order valence-electron chi connectivity index (χ3n) is 4.54. The molecule has 126 valence electrons. The standard InChI is InChI=1S/C17H17N7O/c1-12-10-14(16-20-18-11-24(16)21-12)22-6-8-23(9-7-22)17-19-13-4-2-3-5-15(13)25-17/h2-5,10-11H,6-9H2,1H3. The van der Waals surface area contributed by atoms with Crippen LogP contribution < -0.4 is 9.80 Å².